The van der Waals surface area contributed by atoms with Gasteiger partial charge in [-0.25, -0.2) is 4.99 Å². The Morgan fingerprint density at radius 2 is 1.35 bits per heavy atom. The molecule has 0 spiro atoms. The van der Waals surface area contributed by atoms with E-state index in [2.05, 4.69) is 192 Å². The van der Waals surface area contributed by atoms with Crippen molar-refractivity contribution in [1.82, 2.24) is 20.1 Å². The molecule has 0 aliphatic carbocycles. The Labute approximate surface area is 302 Å². The predicted molar refractivity (Wildman–Crippen MR) is 213 cm³/mol. The lowest BCUT2D eigenvalue weighted by Gasteiger charge is -2.44. The number of likely N-dealkylation sites (N-methyl/N-ethyl adjacent to an activating group) is 1. The molecule has 0 saturated carbocycles. The monoisotopic (exact) mass is 675 g/mol. The summed E-state index contributed by atoms with van der Waals surface area (Å²) in [4.78, 5) is 7.86. The first-order valence-corrected chi connectivity index (χ1v) is 17.8. The predicted octanol–water partition coefficient (Wildman–Crippen LogP) is 10.3. The molecule has 3 unspecified atom stereocenters. The van der Waals surface area contributed by atoms with Crippen molar-refractivity contribution in [3.63, 3.8) is 0 Å². The highest BCUT2D eigenvalue weighted by molar-refractivity contribution is 6.24. The number of hydrogen-bond donors (Lipinski definition) is 2. The summed E-state index contributed by atoms with van der Waals surface area (Å²) in [6.45, 7) is 2.21. The number of allylic oxidation sites excluding steroid dienone is 2. The van der Waals surface area contributed by atoms with E-state index in [1.807, 2.05) is 6.07 Å². The third-order valence-electron chi connectivity index (χ3n) is 10.7. The van der Waals surface area contributed by atoms with E-state index in [4.69, 9.17) is 9.41 Å². The molecule has 252 valence electrons. The van der Waals surface area contributed by atoms with Crippen LogP contribution < -0.4 is 10.6 Å². The summed E-state index contributed by atoms with van der Waals surface area (Å²) < 4.78 is 8.99. The summed E-state index contributed by atoms with van der Waals surface area (Å²) in [5, 5.41) is 12.4. The van der Waals surface area contributed by atoms with Crippen LogP contribution in [0.4, 0.5) is 0 Å². The Morgan fingerprint density at radius 1 is 0.673 bits per heavy atom. The fraction of sp³-hybridized carbons (Fsp3) is 0.109. The third kappa shape index (κ3) is 4.79. The van der Waals surface area contributed by atoms with Gasteiger partial charge in [-0.3, -0.25) is 5.32 Å². The van der Waals surface area contributed by atoms with Crippen LogP contribution in [0, 0.1) is 0 Å². The van der Waals surface area contributed by atoms with E-state index in [1.165, 1.54) is 10.8 Å². The molecule has 6 heteroatoms. The summed E-state index contributed by atoms with van der Waals surface area (Å²) in [7, 11) is 2.18. The van der Waals surface area contributed by atoms with Gasteiger partial charge in [0.2, 0.25) is 0 Å². The van der Waals surface area contributed by atoms with E-state index < -0.39 is 5.66 Å². The van der Waals surface area contributed by atoms with Crippen LogP contribution in [0.2, 0.25) is 0 Å². The van der Waals surface area contributed by atoms with Gasteiger partial charge in [-0.2, -0.15) is 0 Å². The number of amidine groups is 1. The number of aliphatic imine (C=N–C) groups is 1. The molecule has 8 aromatic rings. The van der Waals surface area contributed by atoms with Crippen LogP contribution in [-0.4, -0.2) is 22.4 Å². The van der Waals surface area contributed by atoms with Crippen LogP contribution in [0.25, 0.3) is 49.3 Å². The molecule has 2 aromatic heterocycles. The minimum absolute atomic E-state index is 0.255. The SMILES string of the molecule is CN1C=C(c2ccccc2)C=C(C2=NC(c3ccccc3)NC(C)(c3ccccc3)N2)C1n1c2ccccc2c2ccc3oc4ccccc4c3c21. The highest BCUT2D eigenvalue weighted by Crippen LogP contribution is 2.45. The van der Waals surface area contributed by atoms with Gasteiger partial charge >= 0.3 is 0 Å². The van der Waals surface area contributed by atoms with Crippen molar-refractivity contribution >= 4 is 55.2 Å². The van der Waals surface area contributed by atoms with Gasteiger partial charge in [0.1, 0.15) is 35.0 Å². The normalized spacial score (nSPS) is 20.6. The number of aromatic nitrogens is 1. The largest absolute Gasteiger partial charge is 0.456 e. The Morgan fingerprint density at radius 3 is 2.13 bits per heavy atom. The number of para-hydroxylation sites is 2. The molecule has 3 atom stereocenters. The summed E-state index contributed by atoms with van der Waals surface area (Å²) in [5.74, 6) is 0.840. The lowest BCUT2D eigenvalue weighted by Crippen LogP contribution is -2.59. The fourth-order valence-electron chi connectivity index (χ4n) is 8.25. The molecule has 0 radical (unpaired) electrons. The van der Waals surface area contributed by atoms with Crippen LogP contribution in [-0.2, 0) is 5.66 Å². The maximum atomic E-state index is 6.49. The summed E-state index contributed by atoms with van der Waals surface area (Å²) in [6, 6.07) is 53.2. The van der Waals surface area contributed by atoms with Gasteiger partial charge in [-0.15, -0.1) is 0 Å². The zero-order valence-electron chi connectivity index (χ0n) is 29.0. The topological polar surface area (TPSA) is 57.7 Å². The average Bonchev–Trinajstić information content (AvgIpc) is 3.74. The van der Waals surface area contributed by atoms with Crippen molar-refractivity contribution in [1.29, 1.82) is 0 Å². The summed E-state index contributed by atoms with van der Waals surface area (Å²) in [5.41, 5.74) is 9.00. The molecular weight excluding hydrogens is 639 g/mol. The second-order valence-electron chi connectivity index (χ2n) is 14.0. The number of hydrogen-bond acceptors (Lipinski definition) is 5. The van der Waals surface area contributed by atoms with E-state index in [-0.39, 0.29) is 12.3 Å². The third-order valence-corrected chi connectivity index (χ3v) is 10.7. The first-order chi connectivity index (χ1) is 25.6. The van der Waals surface area contributed by atoms with Gasteiger partial charge in [-0.1, -0.05) is 127 Å². The second kappa shape index (κ2) is 11.9. The summed E-state index contributed by atoms with van der Waals surface area (Å²) >= 11 is 0. The van der Waals surface area contributed by atoms with Crippen LogP contribution in [0.5, 0.6) is 0 Å². The van der Waals surface area contributed by atoms with Crippen molar-refractivity contribution < 1.29 is 4.42 Å². The van der Waals surface area contributed by atoms with Gasteiger partial charge < -0.3 is 19.2 Å². The van der Waals surface area contributed by atoms with Crippen LogP contribution in [0.3, 0.4) is 0 Å². The number of nitrogens with zero attached hydrogens (tertiary/aromatic N) is 3. The first-order valence-electron chi connectivity index (χ1n) is 17.8. The molecule has 4 heterocycles. The standard InChI is InChI=1S/C46H37N5O/c1-46(33-20-10-5-11-21-33)48-43(31-18-8-4-9-19-31)47-44(49-46)37-28-32(30-16-6-3-7-17-30)29-50(2)45(37)51-38-24-14-12-22-34(38)35-26-27-40-41(42(35)51)36-23-13-15-25-39(36)52-40/h3-29,43,45,48H,1-2H3,(H,47,49). The number of nitrogens with one attached hydrogen (secondary N) is 2. The summed E-state index contributed by atoms with van der Waals surface area (Å²) in [6.07, 6.45) is 4.06. The smallest absolute Gasteiger partial charge is 0.137 e. The maximum Gasteiger partial charge on any atom is 0.137 e. The molecular formula is C46H37N5O. The van der Waals surface area contributed by atoms with Gasteiger partial charge in [0.25, 0.3) is 0 Å². The average molecular weight is 676 g/mol. The second-order valence-corrected chi connectivity index (χ2v) is 14.0. The molecule has 6 nitrogen and oxygen atoms in total. The highest BCUT2D eigenvalue weighted by atomic mass is 16.3. The number of benzene rings is 6. The van der Waals surface area contributed by atoms with Gasteiger partial charge in [0.05, 0.1) is 16.4 Å². The van der Waals surface area contributed by atoms with Crippen molar-refractivity contribution in [2.45, 2.75) is 24.9 Å². The maximum absolute atomic E-state index is 6.49. The van der Waals surface area contributed by atoms with Crippen LogP contribution >= 0.6 is 0 Å². The number of fused-ring (bicyclic) bond motifs is 7. The Balaban J connectivity index is 1.27. The van der Waals surface area contributed by atoms with Crippen molar-refractivity contribution in [2.75, 3.05) is 7.05 Å². The molecule has 0 fully saturated rings. The molecule has 52 heavy (non-hydrogen) atoms. The fourth-order valence-corrected chi connectivity index (χ4v) is 8.25. The van der Waals surface area contributed by atoms with Gasteiger partial charge in [0.15, 0.2) is 0 Å². The van der Waals surface area contributed by atoms with E-state index in [0.717, 1.165) is 66.6 Å². The molecule has 0 amide bonds. The first kappa shape index (κ1) is 30.5. The zero-order chi connectivity index (χ0) is 34.8. The van der Waals surface area contributed by atoms with E-state index >= 15 is 0 Å². The van der Waals surface area contributed by atoms with E-state index in [1.54, 1.807) is 0 Å². The van der Waals surface area contributed by atoms with Gasteiger partial charge in [-0.05, 0) is 59.5 Å². The van der Waals surface area contributed by atoms with Crippen LogP contribution in [0.1, 0.15) is 35.9 Å². The quantitative estimate of drug-likeness (QED) is 0.191. The molecule has 10 rings (SSSR count). The Hall–Kier alpha value is -6.37. The molecule has 2 N–H and O–H groups in total. The van der Waals surface area contributed by atoms with Crippen LogP contribution in [0.15, 0.2) is 179 Å². The van der Waals surface area contributed by atoms with Gasteiger partial charge in [0, 0.05) is 35.0 Å². The lowest BCUT2D eigenvalue weighted by atomic mass is 9.94. The molecule has 2 aliphatic heterocycles. The minimum Gasteiger partial charge on any atom is -0.456 e. The Kier molecular flexibility index (Phi) is 6.95. The van der Waals surface area contributed by atoms with Crippen molar-refractivity contribution in [3.8, 4) is 0 Å². The minimum atomic E-state index is -0.619. The molecule has 0 saturated heterocycles. The number of rotatable bonds is 5. The molecule has 0 bridgehead atoms. The molecule has 2 aliphatic rings. The Bertz CT molecular complexity index is 2720. The highest BCUT2D eigenvalue weighted by Gasteiger charge is 2.39. The van der Waals surface area contributed by atoms with E-state index in [9.17, 15) is 0 Å². The zero-order valence-corrected chi connectivity index (χ0v) is 29.0. The number of furan rings is 1. The lowest BCUT2D eigenvalue weighted by molar-refractivity contribution is 0.267. The van der Waals surface area contributed by atoms with Crippen molar-refractivity contribution in [3.05, 3.63) is 186 Å². The van der Waals surface area contributed by atoms with Crippen molar-refractivity contribution in [2.24, 2.45) is 4.99 Å². The van der Waals surface area contributed by atoms with E-state index in [0.29, 0.717) is 0 Å². The molecule has 6 aromatic carbocycles.